The number of likely N-dealkylation sites (N-methyl/N-ethyl adjacent to an activating group) is 1. The summed E-state index contributed by atoms with van der Waals surface area (Å²) in [5, 5.41) is 10.6. The summed E-state index contributed by atoms with van der Waals surface area (Å²) in [7, 11) is 0. The first-order valence-corrected chi connectivity index (χ1v) is 7.30. The van der Waals surface area contributed by atoms with Gasteiger partial charge in [0.25, 0.3) is 5.91 Å². The number of rotatable bonds is 6. The number of nitrogens with zero attached hydrogens (tertiary/aromatic N) is 1. The molecule has 2 aromatic rings. The molecule has 0 saturated carbocycles. The van der Waals surface area contributed by atoms with E-state index in [9.17, 15) is 9.59 Å². The largest absolute Gasteiger partial charge is 0.482 e. The zero-order valence-electron chi connectivity index (χ0n) is 11.5. The van der Waals surface area contributed by atoms with Gasteiger partial charge in [-0.05, 0) is 30.5 Å². The lowest BCUT2D eigenvalue weighted by Gasteiger charge is -2.21. The minimum absolute atomic E-state index is 0.102. The Balaban J connectivity index is 2.04. The molecule has 1 heterocycles. The van der Waals surface area contributed by atoms with Gasteiger partial charge in [-0.2, -0.15) is 0 Å². The lowest BCUT2D eigenvalue weighted by atomic mass is 10.3. The fourth-order valence-electron chi connectivity index (χ4n) is 1.90. The molecule has 0 saturated heterocycles. The van der Waals surface area contributed by atoms with Crippen LogP contribution >= 0.6 is 11.3 Å². The van der Waals surface area contributed by atoms with Gasteiger partial charge < -0.3 is 14.7 Å². The van der Waals surface area contributed by atoms with Gasteiger partial charge >= 0.3 is 5.97 Å². The predicted molar refractivity (Wildman–Crippen MR) is 81.2 cm³/mol. The third-order valence-corrected chi connectivity index (χ3v) is 3.74. The zero-order valence-corrected chi connectivity index (χ0v) is 12.3. The first-order valence-electron chi connectivity index (χ1n) is 6.42. The number of aromatic carboxylic acids is 1. The summed E-state index contributed by atoms with van der Waals surface area (Å²) in [6.45, 7) is 2.19. The molecule has 21 heavy (non-hydrogen) atoms. The Morgan fingerprint density at radius 2 is 1.95 bits per heavy atom. The van der Waals surface area contributed by atoms with Crippen molar-refractivity contribution in [3.8, 4) is 5.75 Å². The van der Waals surface area contributed by atoms with Gasteiger partial charge in [0.15, 0.2) is 11.5 Å². The summed E-state index contributed by atoms with van der Waals surface area (Å²) < 4.78 is 5.34. The lowest BCUT2D eigenvalue weighted by molar-refractivity contribution is -0.120. The summed E-state index contributed by atoms with van der Waals surface area (Å²) in [5.41, 5.74) is 0.789. The summed E-state index contributed by atoms with van der Waals surface area (Å²) in [4.78, 5) is 24.9. The highest BCUT2D eigenvalue weighted by Crippen LogP contribution is 2.24. The molecule has 2 rings (SSSR count). The van der Waals surface area contributed by atoms with Crippen LogP contribution in [0, 0.1) is 0 Å². The lowest BCUT2D eigenvalue weighted by Crippen LogP contribution is -2.34. The number of hydrogen-bond donors (Lipinski definition) is 1. The summed E-state index contributed by atoms with van der Waals surface area (Å²) >= 11 is 1.07. The van der Waals surface area contributed by atoms with Crippen molar-refractivity contribution in [2.24, 2.45) is 0 Å². The van der Waals surface area contributed by atoms with Crippen LogP contribution in [0.2, 0.25) is 0 Å². The number of anilines is 1. The Kier molecular flexibility index (Phi) is 4.94. The minimum Gasteiger partial charge on any atom is -0.482 e. The first kappa shape index (κ1) is 15.1. The molecule has 0 radical (unpaired) electrons. The van der Waals surface area contributed by atoms with Crippen LogP contribution in [0.4, 0.5) is 5.69 Å². The zero-order chi connectivity index (χ0) is 15.2. The van der Waals surface area contributed by atoms with Crippen molar-refractivity contribution in [3.63, 3.8) is 0 Å². The summed E-state index contributed by atoms with van der Waals surface area (Å²) in [6, 6.07) is 10.8. The molecule has 110 valence electrons. The van der Waals surface area contributed by atoms with E-state index in [0.717, 1.165) is 17.0 Å². The van der Waals surface area contributed by atoms with Crippen LogP contribution in [-0.4, -0.2) is 30.1 Å². The second kappa shape index (κ2) is 6.90. The van der Waals surface area contributed by atoms with Crippen LogP contribution in [0.15, 0.2) is 41.8 Å². The van der Waals surface area contributed by atoms with E-state index >= 15 is 0 Å². The number of hydrogen-bond acceptors (Lipinski definition) is 4. The molecule has 6 heteroatoms. The van der Waals surface area contributed by atoms with E-state index in [1.165, 1.54) is 0 Å². The maximum Gasteiger partial charge on any atom is 0.349 e. The molecule has 5 nitrogen and oxygen atoms in total. The molecule has 0 atom stereocenters. The van der Waals surface area contributed by atoms with Gasteiger partial charge in [0.05, 0.1) is 0 Å². The van der Waals surface area contributed by atoms with Gasteiger partial charge in [-0.15, -0.1) is 11.3 Å². The molecule has 0 aliphatic carbocycles. The Morgan fingerprint density at radius 1 is 1.24 bits per heavy atom. The quantitative estimate of drug-likeness (QED) is 0.891. The Morgan fingerprint density at radius 3 is 2.57 bits per heavy atom. The van der Waals surface area contributed by atoms with E-state index in [1.807, 2.05) is 37.3 Å². The highest BCUT2D eigenvalue weighted by atomic mass is 32.1. The van der Waals surface area contributed by atoms with E-state index in [1.54, 1.807) is 16.3 Å². The third kappa shape index (κ3) is 3.61. The normalized spacial score (nSPS) is 10.1. The maximum atomic E-state index is 12.2. The highest BCUT2D eigenvalue weighted by molar-refractivity contribution is 7.12. The number of ether oxygens (including phenoxy) is 1. The number of carbonyl (C=O) groups is 2. The van der Waals surface area contributed by atoms with Crippen LogP contribution < -0.4 is 9.64 Å². The van der Waals surface area contributed by atoms with Crippen LogP contribution in [-0.2, 0) is 4.79 Å². The van der Waals surface area contributed by atoms with Crippen LogP contribution in [0.5, 0.6) is 5.75 Å². The number of thiophene rings is 1. The van der Waals surface area contributed by atoms with E-state index in [2.05, 4.69) is 0 Å². The molecule has 0 unspecified atom stereocenters. The highest BCUT2D eigenvalue weighted by Gasteiger charge is 2.17. The Labute approximate surface area is 126 Å². The molecule has 0 aliphatic rings. The van der Waals surface area contributed by atoms with Crippen LogP contribution in [0.25, 0.3) is 0 Å². The molecular weight excluding hydrogens is 290 g/mol. The number of para-hydroxylation sites is 1. The van der Waals surface area contributed by atoms with Gasteiger partial charge in [-0.1, -0.05) is 18.2 Å². The minimum atomic E-state index is -1.05. The van der Waals surface area contributed by atoms with Crippen molar-refractivity contribution in [3.05, 3.63) is 46.7 Å². The van der Waals surface area contributed by atoms with Gasteiger partial charge in [0.2, 0.25) is 0 Å². The number of amides is 1. The average Bonchev–Trinajstić information content (AvgIpc) is 2.95. The monoisotopic (exact) mass is 305 g/mol. The second-order valence-electron chi connectivity index (χ2n) is 4.18. The van der Waals surface area contributed by atoms with E-state index in [0.29, 0.717) is 6.54 Å². The first-order chi connectivity index (χ1) is 10.1. The molecule has 0 aliphatic heterocycles. The third-order valence-electron chi connectivity index (χ3n) is 2.86. The van der Waals surface area contributed by atoms with Crippen LogP contribution in [0.3, 0.4) is 0 Å². The van der Waals surface area contributed by atoms with Crippen molar-refractivity contribution in [2.75, 3.05) is 18.1 Å². The molecule has 1 aromatic heterocycles. The van der Waals surface area contributed by atoms with Gasteiger partial charge in [-0.25, -0.2) is 4.79 Å². The fourth-order valence-corrected chi connectivity index (χ4v) is 2.57. The van der Waals surface area contributed by atoms with Crippen molar-refractivity contribution in [1.29, 1.82) is 0 Å². The molecular formula is C15H15NO4S. The van der Waals surface area contributed by atoms with E-state index < -0.39 is 5.97 Å². The number of benzene rings is 1. The maximum absolute atomic E-state index is 12.2. The van der Waals surface area contributed by atoms with Crippen molar-refractivity contribution >= 4 is 28.9 Å². The molecule has 0 fully saturated rings. The summed E-state index contributed by atoms with van der Waals surface area (Å²) in [5.74, 6) is -1.04. The Bertz CT molecular complexity index is 624. The van der Waals surface area contributed by atoms with Crippen LogP contribution in [0.1, 0.15) is 16.6 Å². The van der Waals surface area contributed by atoms with E-state index in [-0.39, 0.29) is 23.1 Å². The Hall–Kier alpha value is -2.34. The average molecular weight is 305 g/mol. The van der Waals surface area contributed by atoms with Crippen molar-refractivity contribution in [2.45, 2.75) is 6.92 Å². The molecule has 0 spiro atoms. The predicted octanol–water partition coefficient (Wildman–Crippen LogP) is 2.88. The summed E-state index contributed by atoms with van der Waals surface area (Å²) in [6.07, 6.45) is 0. The fraction of sp³-hybridized carbons (Fsp3) is 0.200. The SMILES string of the molecule is CCN(C(=O)COc1ccsc1C(=O)O)c1ccccc1. The topological polar surface area (TPSA) is 66.8 Å². The number of carbonyl (C=O) groups excluding carboxylic acids is 1. The van der Waals surface area contributed by atoms with Crippen molar-refractivity contribution in [1.82, 2.24) is 0 Å². The number of carboxylic acids is 1. The molecule has 0 bridgehead atoms. The van der Waals surface area contributed by atoms with Gasteiger partial charge in [-0.3, -0.25) is 4.79 Å². The van der Waals surface area contributed by atoms with Gasteiger partial charge in [0.1, 0.15) is 5.75 Å². The number of carboxylic acid groups (broad SMARTS) is 1. The van der Waals surface area contributed by atoms with Gasteiger partial charge in [0, 0.05) is 12.2 Å². The standard InChI is InChI=1S/C15H15NO4S/c1-2-16(11-6-4-3-5-7-11)13(17)10-20-12-8-9-21-14(12)15(18)19/h3-9H,2,10H2,1H3,(H,18,19). The molecule has 1 aromatic carbocycles. The van der Waals surface area contributed by atoms with E-state index in [4.69, 9.17) is 9.84 Å². The smallest absolute Gasteiger partial charge is 0.349 e. The second-order valence-corrected chi connectivity index (χ2v) is 5.10. The van der Waals surface area contributed by atoms with Crippen molar-refractivity contribution < 1.29 is 19.4 Å². The molecule has 1 N–H and O–H groups in total. The molecule has 1 amide bonds.